The smallest absolute Gasteiger partial charge is 0.00728 e. The van der Waals surface area contributed by atoms with E-state index < -0.39 is 0 Å². The van der Waals surface area contributed by atoms with Crippen LogP contribution >= 0.6 is 0 Å². The molecule has 2 heterocycles. The van der Waals surface area contributed by atoms with E-state index in [1.807, 2.05) is 0 Å². The van der Waals surface area contributed by atoms with Crippen molar-refractivity contribution < 1.29 is 0 Å². The zero-order valence-corrected chi connectivity index (χ0v) is 11.1. The largest absolute Gasteiger partial charge is 0.317 e. The Morgan fingerprint density at radius 3 is 2.29 bits per heavy atom. The summed E-state index contributed by atoms with van der Waals surface area (Å²) < 4.78 is 0. The summed E-state index contributed by atoms with van der Waals surface area (Å²) in [5, 5.41) is 7.38. The topological polar surface area (TPSA) is 24.1 Å². The maximum Gasteiger partial charge on any atom is 0.00728 e. The van der Waals surface area contributed by atoms with Crippen LogP contribution in [0.2, 0.25) is 0 Å². The molecule has 2 saturated heterocycles. The van der Waals surface area contributed by atoms with E-state index in [0.29, 0.717) is 0 Å². The lowest BCUT2D eigenvalue weighted by Crippen LogP contribution is -2.38. The van der Waals surface area contributed by atoms with Gasteiger partial charge in [-0.2, -0.15) is 0 Å². The Bertz CT molecular complexity index is 225. The highest BCUT2D eigenvalue weighted by Crippen LogP contribution is 2.33. The van der Waals surface area contributed by atoms with Gasteiger partial charge in [-0.1, -0.05) is 12.8 Å². The molecule has 2 heteroatoms. The van der Waals surface area contributed by atoms with Crippen molar-refractivity contribution in [1.29, 1.82) is 0 Å². The highest BCUT2D eigenvalue weighted by atomic mass is 15.0. The van der Waals surface area contributed by atoms with Gasteiger partial charge in [-0.3, -0.25) is 0 Å². The number of piperidine rings is 1. The third-order valence-corrected chi connectivity index (χ3v) is 4.96. The summed E-state index contributed by atoms with van der Waals surface area (Å²) in [6.45, 7) is 2.52. The molecule has 0 radical (unpaired) electrons. The van der Waals surface area contributed by atoms with Gasteiger partial charge in [0, 0.05) is 12.1 Å². The molecule has 3 aliphatic rings. The van der Waals surface area contributed by atoms with Crippen LogP contribution in [0.1, 0.15) is 57.8 Å². The SMILES string of the molecule is C(CNCCC1CC2CCC(C1)N2)CC1CC1. The summed E-state index contributed by atoms with van der Waals surface area (Å²) in [7, 11) is 0. The van der Waals surface area contributed by atoms with Crippen LogP contribution < -0.4 is 10.6 Å². The predicted octanol–water partition coefficient (Wildman–Crippen LogP) is 2.69. The second-order valence-electron chi connectivity index (χ2n) is 6.60. The van der Waals surface area contributed by atoms with Gasteiger partial charge in [0.15, 0.2) is 0 Å². The lowest BCUT2D eigenvalue weighted by molar-refractivity contribution is 0.283. The molecule has 0 amide bonds. The average Bonchev–Trinajstić information content (AvgIpc) is 3.09. The first kappa shape index (κ1) is 12.0. The van der Waals surface area contributed by atoms with E-state index in [0.717, 1.165) is 23.9 Å². The van der Waals surface area contributed by atoms with E-state index in [9.17, 15) is 0 Å². The highest BCUT2D eigenvalue weighted by Gasteiger charge is 2.32. The minimum Gasteiger partial charge on any atom is -0.317 e. The quantitative estimate of drug-likeness (QED) is 0.664. The van der Waals surface area contributed by atoms with Gasteiger partial charge in [0.2, 0.25) is 0 Å². The van der Waals surface area contributed by atoms with Crippen LogP contribution in [-0.2, 0) is 0 Å². The summed E-state index contributed by atoms with van der Waals surface area (Å²) in [5.41, 5.74) is 0. The molecule has 98 valence electrons. The molecule has 3 rings (SSSR count). The van der Waals surface area contributed by atoms with Crippen molar-refractivity contribution in [3.63, 3.8) is 0 Å². The van der Waals surface area contributed by atoms with Crippen molar-refractivity contribution in [2.45, 2.75) is 69.9 Å². The van der Waals surface area contributed by atoms with Crippen LogP contribution in [0.3, 0.4) is 0 Å². The summed E-state index contributed by atoms with van der Waals surface area (Å²) in [4.78, 5) is 0. The van der Waals surface area contributed by atoms with Gasteiger partial charge < -0.3 is 10.6 Å². The number of hydrogen-bond acceptors (Lipinski definition) is 2. The average molecular weight is 236 g/mol. The Kier molecular flexibility index (Phi) is 4.02. The molecule has 2 atom stereocenters. The fourth-order valence-electron chi connectivity index (χ4n) is 3.76. The van der Waals surface area contributed by atoms with Crippen LogP contribution in [0.15, 0.2) is 0 Å². The molecule has 0 aromatic rings. The number of fused-ring (bicyclic) bond motifs is 2. The minimum absolute atomic E-state index is 0.869. The van der Waals surface area contributed by atoms with E-state index in [4.69, 9.17) is 0 Å². The van der Waals surface area contributed by atoms with Crippen molar-refractivity contribution in [1.82, 2.24) is 10.6 Å². The molecule has 0 spiro atoms. The van der Waals surface area contributed by atoms with Crippen molar-refractivity contribution >= 4 is 0 Å². The molecule has 2 N–H and O–H groups in total. The molecule has 0 aromatic carbocycles. The molecule has 2 bridgehead atoms. The van der Waals surface area contributed by atoms with E-state index in [1.165, 1.54) is 70.9 Å². The Morgan fingerprint density at radius 1 is 0.824 bits per heavy atom. The number of nitrogens with one attached hydrogen (secondary N) is 2. The zero-order chi connectivity index (χ0) is 11.5. The lowest BCUT2D eigenvalue weighted by Gasteiger charge is -2.29. The molecule has 2 aliphatic heterocycles. The van der Waals surface area contributed by atoms with Gasteiger partial charge in [0.1, 0.15) is 0 Å². The second-order valence-corrected chi connectivity index (χ2v) is 6.60. The fourth-order valence-corrected chi connectivity index (χ4v) is 3.76. The fraction of sp³-hybridized carbons (Fsp3) is 1.00. The predicted molar refractivity (Wildman–Crippen MR) is 72.1 cm³/mol. The van der Waals surface area contributed by atoms with Crippen LogP contribution in [0.5, 0.6) is 0 Å². The van der Waals surface area contributed by atoms with E-state index in [1.54, 1.807) is 0 Å². The standard InChI is InChI=1S/C15H28N2/c1(2-12-3-4-12)8-16-9-7-13-10-14-5-6-15(11-13)17-14/h12-17H,1-11H2. The molecule has 1 saturated carbocycles. The Morgan fingerprint density at radius 2 is 1.59 bits per heavy atom. The molecular formula is C15H28N2. The van der Waals surface area contributed by atoms with Crippen LogP contribution in [0.4, 0.5) is 0 Å². The number of hydrogen-bond donors (Lipinski definition) is 2. The Labute approximate surface area is 106 Å². The molecule has 17 heavy (non-hydrogen) atoms. The first-order chi connectivity index (χ1) is 8.40. The van der Waals surface area contributed by atoms with Crippen molar-refractivity contribution in [3.05, 3.63) is 0 Å². The highest BCUT2D eigenvalue weighted by molar-refractivity contribution is 4.91. The van der Waals surface area contributed by atoms with Gasteiger partial charge >= 0.3 is 0 Å². The minimum atomic E-state index is 0.869. The van der Waals surface area contributed by atoms with E-state index >= 15 is 0 Å². The maximum absolute atomic E-state index is 3.73. The molecule has 2 nitrogen and oxygen atoms in total. The van der Waals surface area contributed by atoms with Crippen molar-refractivity contribution in [2.75, 3.05) is 13.1 Å². The first-order valence-electron chi connectivity index (χ1n) is 7.87. The zero-order valence-electron chi connectivity index (χ0n) is 11.1. The first-order valence-corrected chi connectivity index (χ1v) is 7.87. The molecule has 0 aromatic heterocycles. The number of rotatable bonds is 7. The monoisotopic (exact) mass is 236 g/mol. The molecule has 2 unspecified atom stereocenters. The van der Waals surface area contributed by atoms with E-state index in [-0.39, 0.29) is 0 Å². The molecular weight excluding hydrogens is 208 g/mol. The third-order valence-electron chi connectivity index (χ3n) is 4.96. The maximum atomic E-state index is 3.73. The van der Waals surface area contributed by atoms with Crippen LogP contribution in [0.25, 0.3) is 0 Å². The Balaban J connectivity index is 1.22. The third kappa shape index (κ3) is 3.69. The van der Waals surface area contributed by atoms with Crippen LogP contribution in [0, 0.1) is 11.8 Å². The van der Waals surface area contributed by atoms with Crippen molar-refractivity contribution in [2.24, 2.45) is 11.8 Å². The van der Waals surface area contributed by atoms with Gasteiger partial charge in [-0.15, -0.1) is 0 Å². The Hall–Kier alpha value is -0.0800. The molecule has 3 fully saturated rings. The van der Waals surface area contributed by atoms with E-state index in [2.05, 4.69) is 10.6 Å². The summed E-state index contributed by atoms with van der Waals surface area (Å²) in [6, 6.07) is 1.74. The van der Waals surface area contributed by atoms with Gasteiger partial charge in [-0.25, -0.2) is 0 Å². The van der Waals surface area contributed by atoms with Gasteiger partial charge in [-0.05, 0) is 69.9 Å². The van der Waals surface area contributed by atoms with Gasteiger partial charge in [0.25, 0.3) is 0 Å². The second kappa shape index (κ2) is 5.71. The summed E-state index contributed by atoms with van der Waals surface area (Å²) in [5.74, 6) is 2.11. The lowest BCUT2D eigenvalue weighted by atomic mass is 9.90. The summed E-state index contributed by atoms with van der Waals surface area (Å²) in [6.07, 6.45) is 13.1. The summed E-state index contributed by atoms with van der Waals surface area (Å²) >= 11 is 0. The molecule has 1 aliphatic carbocycles. The normalized spacial score (nSPS) is 36.4. The van der Waals surface area contributed by atoms with Crippen molar-refractivity contribution in [3.8, 4) is 0 Å². The van der Waals surface area contributed by atoms with Gasteiger partial charge in [0.05, 0.1) is 0 Å². The van der Waals surface area contributed by atoms with Crippen LogP contribution in [-0.4, -0.2) is 25.2 Å².